The molecule has 2 heterocycles. The predicted octanol–water partition coefficient (Wildman–Crippen LogP) is 3.87. The molecule has 3 aromatic rings. The third-order valence-electron chi connectivity index (χ3n) is 3.47. The van der Waals surface area contributed by atoms with Gasteiger partial charge in [0, 0.05) is 23.3 Å². The Labute approximate surface area is 145 Å². The third kappa shape index (κ3) is 3.93. The molecule has 130 valence electrons. The van der Waals surface area contributed by atoms with Gasteiger partial charge < -0.3 is 14.6 Å². The Hall–Kier alpha value is -2.96. The highest BCUT2D eigenvalue weighted by Gasteiger charge is 2.22. The van der Waals surface area contributed by atoms with Crippen LogP contribution in [-0.2, 0) is 4.74 Å². The molecule has 0 bridgehead atoms. The van der Waals surface area contributed by atoms with Crippen LogP contribution < -0.4 is 5.32 Å². The summed E-state index contributed by atoms with van der Waals surface area (Å²) < 4.78 is 10.5. The van der Waals surface area contributed by atoms with E-state index in [-0.39, 0.29) is 0 Å². The van der Waals surface area contributed by atoms with Gasteiger partial charge in [-0.15, -0.1) is 0 Å². The van der Waals surface area contributed by atoms with Crippen molar-refractivity contribution < 1.29 is 14.1 Å². The van der Waals surface area contributed by atoms with Crippen LogP contribution in [-0.4, -0.2) is 26.8 Å². The molecule has 2 aromatic heterocycles. The largest absolute Gasteiger partial charge is 0.444 e. The molecule has 1 N–H and O–H groups in total. The lowest BCUT2D eigenvalue weighted by Gasteiger charge is -2.20. The van der Waals surface area contributed by atoms with Crippen molar-refractivity contribution in [2.75, 3.05) is 0 Å². The van der Waals surface area contributed by atoms with Crippen LogP contribution in [0.1, 0.15) is 39.6 Å². The summed E-state index contributed by atoms with van der Waals surface area (Å²) in [6, 6.07) is 7.28. The van der Waals surface area contributed by atoms with E-state index < -0.39 is 17.7 Å². The van der Waals surface area contributed by atoms with Crippen LogP contribution >= 0.6 is 0 Å². The van der Waals surface area contributed by atoms with Crippen molar-refractivity contribution >= 4 is 16.9 Å². The lowest BCUT2D eigenvalue weighted by molar-refractivity contribution is 0.0499. The van der Waals surface area contributed by atoms with Crippen LogP contribution in [0.25, 0.3) is 22.2 Å². The van der Waals surface area contributed by atoms with Crippen molar-refractivity contribution in [1.29, 1.82) is 0 Å². The van der Waals surface area contributed by atoms with Gasteiger partial charge in [-0.2, -0.15) is 4.98 Å². The summed E-state index contributed by atoms with van der Waals surface area (Å²) in [5.41, 5.74) is 0.254. The van der Waals surface area contributed by atoms with Crippen LogP contribution in [0.2, 0.25) is 0 Å². The Balaban J connectivity index is 1.81. The van der Waals surface area contributed by atoms with Crippen molar-refractivity contribution in [3.8, 4) is 11.4 Å². The van der Waals surface area contributed by atoms with Crippen LogP contribution in [0.3, 0.4) is 0 Å². The predicted molar refractivity (Wildman–Crippen MR) is 92.8 cm³/mol. The first-order valence-corrected chi connectivity index (χ1v) is 8.00. The second-order valence-electron chi connectivity index (χ2n) is 6.73. The molecule has 0 unspecified atom stereocenters. The number of rotatable bonds is 3. The van der Waals surface area contributed by atoms with Crippen molar-refractivity contribution in [1.82, 2.24) is 20.4 Å². The first kappa shape index (κ1) is 16.9. The lowest BCUT2D eigenvalue weighted by Crippen LogP contribution is -2.34. The minimum absolute atomic E-state index is 0.307. The molecule has 7 nitrogen and oxygen atoms in total. The SMILES string of the molecule is C[C@H](NC(=O)OC(C)(C)C)c1nc(-c2cccc3ccncc23)no1. The monoisotopic (exact) mass is 340 g/mol. The molecule has 1 atom stereocenters. The van der Waals surface area contributed by atoms with Gasteiger partial charge in [0.25, 0.3) is 0 Å². The van der Waals surface area contributed by atoms with E-state index in [1.807, 2.05) is 24.3 Å². The minimum Gasteiger partial charge on any atom is -0.444 e. The zero-order chi connectivity index (χ0) is 18.0. The molecule has 0 radical (unpaired) electrons. The average Bonchev–Trinajstić information content (AvgIpc) is 3.02. The number of hydrogen-bond acceptors (Lipinski definition) is 6. The number of alkyl carbamates (subject to hydrolysis) is 1. The van der Waals surface area contributed by atoms with E-state index in [0.717, 1.165) is 16.3 Å². The number of nitrogens with zero attached hydrogens (tertiary/aromatic N) is 3. The molecule has 0 fully saturated rings. The number of ether oxygens (including phenoxy) is 1. The van der Waals surface area contributed by atoms with E-state index in [2.05, 4.69) is 20.4 Å². The van der Waals surface area contributed by atoms with Crippen molar-refractivity contribution in [2.45, 2.75) is 39.3 Å². The van der Waals surface area contributed by atoms with Gasteiger partial charge >= 0.3 is 6.09 Å². The maximum absolute atomic E-state index is 11.9. The van der Waals surface area contributed by atoms with E-state index in [0.29, 0.717) is 11.7 Å². The third-order valence-corrected chi connectivity index (χ3v) is 3.47. The highest BCUT2D eigenvalue weighted by atomic mass is 16.6. The van der Waals surface area contributed by atoms with Gasteiger partial charge in [-0.05, 0) is 39.1 Å². The Morgan fingerprint density at radius 3 is 2.84 bits per heavy atom. The van der Waals surface area contributed by atoms with Gasteiger partial charge in [0.1, 0.15) is 11.6 Å². The summed E-state index contributed by atoms with van der Waals surface area (Å²) in [7, 11) is 0. The summed E-state index contributed by atoms with van der Waals surface area (Å²) in [5.74, 6) is 0.758. The number of benzene rings is 1. The van der Waals surface area contributed by atoms with E-state index in [9.17, 15) is 4.79 Å². The topological polar surface area (TPSA) is 90.1 Å². The zero-order valence-corrected chi connectivity index (χ0v) is 14.6. The zero-order valence-electron chi connectivity index (χ0n) is 14.6. The molecule has 0 aliphatic rings. The average molecular weight is 340 g/mol. The van der Waals surface area contributed by atoms with E-state index in [1.54, 1.807) is 40.1 Å². The Morgan fingerprint density at radius 1 is 1.28 bits per heavy atom. The highest BCUT2D eigenvalue weighted by molar-refractivity contribution is 5.94. The molecule has 0 aliphatic carbocycles. The number of carbonyl (C=O) groups is 1. The van der Waals surface area contributed by atoms with Crippen molar-refractivity contribution in [3.05, 3.63) is 42.5 Å². The van der Waals surface area contributed by atoms with Crippen molar-refractivity contribution in [3.63, 3.8) is 0 Å². The second-order valence-corrected chi connectivity index (χ2v) is 6.73. The number of fused-ring (bicyclic) bond motifs is 1. The van der Waals surface area contributed by atoms with E-state index in [4.69, 9.17) is 9.26 Å². The molecular weight excluding hydrogens is 320 g/mol. The molecule has 0 spiro atoms. The summed E-state index contributed by atoms with van der Waals surface area (Å²) in [6.45, 7) is 7.16. The Kier molecular flexibility index (Phi) is 4.39. The number of aromatic nitrogens is 3. The highest BCUT2D eigenvalue weighted by Crippen LogP contribution is 2.26. The van der Waals surface area contributed by atoms with Gasteiger partial charge in [-0.25, -0.2) is 4.79 Å². The van der Waals surface area contributed by atoms with Gasteiger partial charge in [0.05, 0.1) is 0 Å². The molecule has 3 rings (SSSR count). The summed E-state index contributed by atoms with van der Waals surface area (Å²) in [4.78, 5) is 20.4. The smallest absolute Gasteiger partial charge is 0.408 e. The quantitative estimate of drug-likeness (QED) is 0.778. The maximum atomic E-state index is 11.9. The Bertz CT molecular complexity index is 893. The van der Waals surface area contributed by atoms with Crippen molar-refractivity contribution in [2.24, 2.45) is 0 Å². The fourth-order valence-corrected chi connectivity index (χ4v) is 2.37. The van der Waals surface area contributed by atoms with Crippen LogP contribution in [0.4, 0.5) is 4.79 Å². The molecule has 0 aliphatic heterocycles. The van der Waals surface area contributed by atoms with Gasteiger partial charge in [-0.1, -0.05) is 23.4 Å². The second kappa shape index (κ2) is 6.51. The summed E-state index contributed by atoms with van der Waals surface area (Å²) >= 11 is 0. The number of hydrogen-bond donors (Lipinski definition) is 1. The fraction of sp³-hybridized carbons (Fsp3) is 0.333. The number of nitrogens with one attached hydrogen (secondary N) is 1. The van der Waals surface area contributed by atoms with E-state index >= 15 is 0 Å². The first-order valence-electron chi connectivity index (χ1n) is 8.00. The number of pyridine rings is 1. The number of carbonyl (C=O) groups excluding carboxylic acids is 1. The molecule has 0 saturated heterocycles. The minimum atomic E-state index is -0.570. The van der Waals surface area contributed by atoms with Crippen LogP contribution in [0.5, 0.6) is 0 Å². The molecule has 25 heavy (non-hydrogen) atoms. The van der Waals surface area contributed by atoms with Crippen LogP contribution in [0.15, 0.2) is 41.2 Å². The normalized spacial score (nSPS) is 12.8. The van der Waals surface area contributed by atoms with Gasteiger partial charge in [0.2, 0.25) is 11.7 Å². The summed E-state index contributed by atoms with van der Waals surface area (Å²) in [5, 5.41) is 8.69. The molecule has 1 aromatic carbocycles. The standard InChI is InChI=1S/C18H20N4O3/c1-11(20-17(23)24-18(2,3)4)16-21-15(22-25-16)13-7-5-6-12-8-9-19-10-14(12)13/h5-11H,1-4H3,(H,20,23)/t11-/m0/s1. The lowest BCUT2D eigenvalue weighted by atomic mass is 10.1. The molecule has 7 heteroatoms. The molecule has 0 saturated carbocycles. The fourth-order valence-electron chi connectivity index (χ4n) is 2.37. The van der Waals surface area contributed by atoms with Gasteiger partial charge in [-0.3, -0.25) is 4.98 Å². The van der Waals surface area contributed by atoms with Gasteiger partial charge in [0.15, 0.2) is 0 Å². The maximum Gasteiger partial charge on any atom is 0.408 e. The Morgan fingerprint density at radius 2 is 2.08 bits per heavy atom. The molecule has 1 amide bonds. The first-order chi connectivity index (χ1) is 11.8. The number of amides is 1. The van der Waals surface area contributed by atoms with Crippen LogP contribution in [0, 0.1) is 0 Å². The summed E-state index contributed by atoms with van der Waals surface area (Å²) in [6.07, 6.45) is 2.97. The molecular formula is C18H20N4O3. The van der Waals surface area contributed by atoms with E-state index in [1.165, 1.54) is 0 Å².